The standard InChI is InChI=1S/C20H24N4O2/c1-14-9-11-22-19(23-14)26-17-7-5-16(6-8-17)24-18(25)20-10-3-2-4-15(20)12-21-13-20/h5-9,11,15,21H,2-4,10,12-13H2,1H3,(H,24,25)/t15-,20+/m0/s1. The Morgan fingerprint density at radius 2 is 2.12 bits per heavy atom. The number of fused-ring (bicyclic) bond motifs is 1. The van der Waals surface area contributed by atoms with Crippen molar-refractivity contribution in [1.82, 2.24) is 15.3 Å². The van der Waals surface area contributed by atoms with Crippen LogP contribution < -0.4 is 15.4 Å². The summed E-state index contributed by atoms with van der Waals surface area (Å²) in [4.78, 5) is 21.3. The fourth-order valence-electron chi connectivity index (χ4n) is 4.13. The summed E-state index contributed by atoms with van der Waals surface area (Å²) in [5, 5.41) is 6.53. The van der Waals surface area contributed by atoms with E-state index in [2.05, 4.69) is 20.6 Å². The van der Waals surface area contributed by atoms with Gasteiger partial charge in [-0.2, -0.15) is 0 Å². The average molecular weight is 352 g/mol. The highest BCUT2D eigenvalue weighted by atomic mass is 16.5. The molecule has 1 saturated carbocycles. The molecule has 136 valence electrons. The zero-order valence-corrected chi connectivity index (χ0v) is 15.0. The molecule has 0 bridgehead atoms. The SMILES string of the molecule is Cc1ccnc(Oc2ccc(NC(=O)[C@@]34CCCC[C@H]3CNC4)cc2)n1. The van der Waals surface area contributed by atoms with Crippen molar-refractivity contribution in [2.24, 2.45) is 11.3 Å². The minimum atomic E-state index is -0.247. The molecule has 0 unspecified atom stereocenters. The third-order valence-corrected chi connectivity index (χ3v) is 5.58. The highest BCUT2D eigenvalue weighted by Crippen LogP contribution is 2.44. The summed E-state index contributed by atoms with van der Waals surface area (Å²) < 4.78 is 5.66. The maximum absolute atomic E-state index is 13.0. The number of nitrogens with zero attached hydrogens (tertiary/aromatic N) is 2. The summed E-state index contributed by atoms with van der Waals surface area (Å²) in [5.41, 5.74) is 1.39. The van der Waals surface area contributed by atoms with Gasteiger partial charge < -0.3 is 15.4 Å². The van der Waals surface area contributed by atoms with Crippen molar-refractivity contribution in [3.8, 4) is 11.8 Å². The number of nitrogens with one attached hydrogen (secondary N) is 2. The number of rotatable bonds is 4. The summed E-state index contributed by atoms with van der Waals surface area (Å²) >= 11 is 0. The van der Waals surface area contributed by atoms with Crippen molar-refractivity contribution in [1.29, 1.82) is 0 Å². The molecule has 1 aliphatic heterocycles. The van der Waals surface area contributed by atoms with Gasteiger partial charge >= 0.3 is 6.01 Å². The molecule has 1 amide bonds. The highest BCUT2D eigenvalue weighted by molar-refractivity contribution is 5.96. The number of aromatic nitrogens is 2. The third kappa shape index (κ3) is 3.29. The van der Waals surface area contributed by atoms with Crippen LogP contribution in [0.25, 0.3) is 0 Å². The van der Waals surface area contributed by atoms with Crippen LogP contribution in [-0.2, 0) is 4.79 Å². The van der Waals surface area contributed by atoms with Crippen LogP contribution in [0.5, 0.6) is 11.8 Å². The molecule has 1 saturated heterocycles. The van der Waals surface area contributed by atoms with Gasteiger partial charge in [-0.25, -0.2) is 9.97 Å². The van der Waals surface area contributed by atoms with Gasteiger partial charge in [-0.3, -0.25) is 4.79 Å². The van der Waals surface area contributed by atoms with Gasteiger partial charge in [-0.15, -0.1) is 0 Å². The number of amides is 1. The number of benzene rings is 1. The largest absolute Gasteiger partial charge is 0.424 e. The molecule has 1 aromatic heterocycles. The molecule has 4 rings (SSSR count). The maximum Gasteiger partial charge on any atom is 0.322 e. The van der Waals surface area contributed by atoms with Gasteiger partial charge in [0.25, 0.3) is 0 Å². The second-order valence-corrected chi connectivity index (χ2v) is 7.29. The van der Waals surface area contributed by atoms with E-state index in [0.717, 1.165) is 43.7 Å². The fourth-order valence-corrected chi connectivity index (χ4v) is 4.13. The molecule has 6 heteroatoms. The Labute approximate surface area is 153 Å². The van der Waals surface area contributed by atoms with E-state index in [1.54, 1.807) is 6.20 Å². The molecule has 26 heavy (non-hydrogen) atoms. The quantitative estimate of drug-likeness (QED) is 0.883. The minimum absolute atomic E-state index is 0.142. The highest BCUT2D eigenvalue weighted by Gasteiger charge is 2.49. The lowest BCUT2D eigenvalue weighted by atomic mass is 9.67. The average Bonchev–Trinajstić information content (AvgIpc) is 3.09. The van der Waals surface area contributed by atoms with Crippen molar-refractivity contribution in [3.05, 3.63) is 42.2 Å². The van der Waals surface area contributed by atoms with Gasteiger partial charge in [0.1, 0.15) is 5.75 Å². The number of carbonyl (C=O) groups excluding carboxylic acids is 1. The molecule has 2 N–H and O–H groups in total. The molecule has 0 spiro atoms. The normalized spacial score (nSPS) is 24.7. The Bertz CT molecular complexity index is 793. The van der Waals surface area contributed by atoms with Crippen LogP contribution in [-0.4, -0.2) is 29.0 Å². The molecule has 1 aromatic carbocycles. The summed E-state index contributed by atoms with van der Waals surface area (Å²) in [7, 11) is 0. The molecular formula is C20H24N4O2. The van der Waals surface area contributed by atoms with Crippen LogP contribution in [0.15, 0.2) is 36.5 Å². The van der Waals surface area contributed by atoms with Crippen molar-refractivity contribution in [2.75, 3.05) is 18.4 Å². The lowest BCUT2D eigenvalue weighted by molar-refractivity contribution is -0.128. The van der Waals surface area contributed by atoms with Gasteiger partial charge in [-0.1, -0.05) is 12.8 Å². The number of ether oxygens (including phenoxy) is 1. The second-order valence-electron chi connectivity index (χ2n) is 7.29. The van der Waals surface area contributed by atoms with E-state index in [1.165, 1.54) is 6.42 Å². The molecule has 0 radical (unpaired) electrons. The van der Waals surface area contributed by atoms with Crippen molar-refractivity contribution < 1.29 is 9.53 Å². The molecule has 2 atom stereocenters. The van der Waals surface area contributed by atoms with Crippen LogP contribution in [0.3, 0.4) is 0 Å². The lowest BCUT2D eigenvalue weighted by Crippen LogP contribution is -2.44. The number of hydrogen-bond acceptors (Lipinski definition) is 5. The van der Waals surface area contributed by atoms with E-state index in [4.69, 9.17) is 4.74 Å². The van der Waals surface area contributed by atoms with Gasteiger partial charge in [0.2, 0.25) is 5.91 Å². The number of carbonyl (C=O) groups is 1. The van der Waals surface area contributed by atoms with Crippen molar-refractivity contribution in [2.45, 2.75) is 32.6 Å². The van der Waals surface area contributed by atoms with E-state index in [1.807, 2.05) is 37.3 Å². The second kappa shape index (κ2) is 7.03. The van der Waals surface area contributed by atoms with E-state index >= 15 is 0 Å². The zero-order valence-electron chi connectivity index (χ0n) is 15.0. The lowest BCUT2D eigenvalue weighted by Gasteiger charge is -2.37. The van der Waals surface area contributed by atoms with Gasteiger partial charge in [-0.05, 0) is 62.6 Å². The first-order valence-electron chi connectivity index (χ1n) is 9.25. The Hall–Kier alpha value is -2.47. The van der Waals surface area contributed by atoms with E-state index < -0.39 is 0 Å². The third-order valence-electron chi connectivity index (χ3n) is 5.58. The molecule has 1 aliphatic carbocycles. The first-order valence-corrected chi connectivity index (χ1v) is 9.25. The van der Waals surface area contributed by atoms with E-state index in [-0.39, 0.29) is 11.3 Å². The van der Waals surface area contributed by atoms with Crippen LogP contribution in [0, 0.1) is 18.3 Å². The predicted molar refractivity (Wildman–Crippen MR) is 99.2 cm³/mol. The van der Waals surface area contributed by atoms with Crippen LogP contribution in [0.2, 0.25) is 0 Å². The predicted octanol–water partition coefficient (Wildman–Crippen LogP) is 3.30. The van der Waals surface area contributed by atoms with E-state index in [0.29, 0.717) is 17.7 Å². The fraction of sp³-hybridized carbons (Fsp3) is 0.450. The Balaban J connectivity index is 1.43. The first-order chi connectivity index (χ1) is 12.7. The van der Waals surface area contributed by atoms with Crippen molar-refractivity contribution in [3.63, 3.8) is 0 Å². The Morgan fingerprint density at radius 1 is 1.27 bits per heavy atom. The Morgan fingerprint density at radius 3 is 2.92 bits per heavy atom. The first kappa shape index (κ1) is 17.0. The van der Waals surface area contributed by atoms with E-state index in [9.17, 15) is 4.79 Å². The molecule has 2 heterocycles. The molecule has 2 fully saturated rings. The van der Waals surface area contributed by atoms with Crippen LogP contribution >= 0.6 is 0 Å². The zero-order chi connectivity index (χ0) is 18.0. The van der Waals surface area contributed by atoms with Crippen molar-refractivity contribution >= 4 is 11.6 Å². The summed E-state index contributed by atoms with van der Waals surface area (Å²) in [6.45, 7) is 3.63. The summed E-state index contributed by atoms with van der Waals surface area (Å²) in [5.74, 6) is 1.24. The van der Waals surface area contributed by atoms with Gasteiger partial charge in [0, 0.05) is 24.1 Å². The van der Waals surface area contributed by atoms with Gasteiger partial charge in [0.05, 0.1) is 5.41 Å². The molecule has 6 nitrogen and oxygen atoms in total. The minimum Gasteiger partial charge on any atom is -0.424 e. The van der Waals surface area contributed by atoms with Gasteiger partial charge in [0.15, 0.2) is 0 Å². The monoisotopic (exact) mass is 352 g/mol. The number of hydrogen-bond donors (Lipinski definition) is 2. The molecular weight excluding hydrogens is 328 g/mol. The molecule has 2 aromatic rings. The topological polar surface area (TPSA) is 76.1 Å². The van der Waals surface area contributed by atoms with Crippen LogP contribution in [0.4, 0.5) is 5.69 Å². The smallest absolute Gasteiger partial charge is 0.322 e. The number of aryl methyl sites for hydroxylation is 1. The molecule has 2 aliphatic rings. The summed E-state index contributed by atoms with van der Waals surface area (Å²) in [6.07, 6.45) is 6.15. The summed E-state index contributed by atoms with van der Waals surface area (Å²) in [6, 6.07) is 9.51. The van der Waals surface area contributed by atoms with Crippen LogP contribution in [0.1, 0.15) is 31.4 Å². The number of anilines is 1. The Kier molecular flexibility index (Phi) is 4.59. The maximum atomic E-state index is 13.0.